The molecule has 0 spiro atoms. The van der Waals surface area contributed by atoms with Crippen molar-refractivity contribution in [3.8, 4) is 28.1 Å². The van der Waals surface area contributed by atoms with Gasteiger partial charge < -0.3 is 9.26 Å². The molecule has 1 aromatic heterocycles. The van der Waals surface area contributed by atoms with E-state index in [2.05, 4.69) is 5.16 Å². The summed E-state index contributed by atoms with van der Waals surface area (Å²) in [6.07, 6.45) is -3.05. The molecule has 0 aliphatic rings. The maximum absolute atomic E-state index is 14.2. The zero-order chi connectivity index (χ0) is 20.6. The van der Waals surface area contributed by atoms with E-state index in [1.807, 2.05) is 0 Å². The molecule has 3 rings (SSSR count). The molecule has 2 aromatic carbocycles. The first-order valence-electron chi connectivity index (χ1n) is 7.57. The van der Waals surface area contributed by atoms with Crippen molar-refractivity contribution in [2.45, 2.75) is 11.3 Å². The molecule has 0 bridgehead atoms. The zero-order valence-electron chi connectivity index (χ0n) is 14.1. The maximum atomic E-state index is 14.2. The summed E-state index contributed by atoms with van der Waals surface area (Å²) in [5.74, 6) is -1.64. The zero-order valence-corrected chi connectivity index (χ0v) is 15.7. The van der Waals surface area contributed by atoms with E-state index in [1.54, 1.807) is 0 Å². The Kier molecular flexibility index (Phi) is 5.37. The van der Waals surface area contributed by atoms with Crippen LogP contribution in [0.3, 0.4) is 0 Å². The van der Waals surface area contributed by atoms with Crippen LogP contribution in [0.2, 0.25) is 5.02 Å². The number of alkyl halides is 2. The van der Waals surface area contributed by atoms with E-state index in [0.717, 1.165) is 18.2 Å². The molecular formula is C17H12ClF3N2O4S. The Hall–Kier alpha value is -2.56. The van der Waals surface area contributed by atoms with Gasteiger partial charge >= 0.3 is 0 Å². The normalized spacial score (nSPS) is 11.8. The number of benzene rings is 2. The highest BCUT2D eigenvalue weighted by molar-refractivity contribution is 7.89. The lowest BCUT2D eigenvalue weighted by Crippen LogP contribution is -2.14. The van der Waals surface area contributed by atoms with Crippen LogP contribution in [0.4, 0.5) is 13.2 Å². The van der Waals surface area contributed by atoms with E-state index in [0.29, 0.717) is 11.3 Å². The molecule has 0 fully saturated rings. The van der Waals surface area contributed by atoms with Gasteiger partial charge in [0, 0.05) is 5.56 Å². The van der Waals surface area contributed by atoms with E-state index in [4.69, 9.17) is 26.0 Å². The second-order valence-corrected chi connectivity index (χ2v) is 7.55. The standard InChI is InChI=1S/C17H12ClF3N2O4S/c1-26-12-4-2-9(6-10(12)18)15-14(16(17(20)21)27-23-15)8-3-5-13(11(19)7-8)28(22,24)25/h2-7,17H,1H3,(H2,22,24,25). The molecule has 148 valence electrons. The van der Waals surface area contributed by atoms with Crippen LogP contribution in [0.15, 0.2) is 45.8 Å². The van der Waals surface area contributed by atoms with Crippen molar-refractivity contribution in [3.63, 3.8) is 0 Å². The van der Waals surface area contributed by atoms with Crippen LogP contribution < -0.4 is 9.88 Å². The number of ether oxygens (including phenoxy) is 1. The Morgan fingerprint density at radius 1 is 1.18 bits per heavy atom. The lowest BCUT2D eigenvalue weighted by atomic mass is 9.99. The van der Waals surface area contributed by atoms with Crippen molar-refractivity contribution in [3.05, 3.63) is 53.0 Å². The first kappa shape index (κ1) is 20.2. The van der Waals surface area contributed by atoms with Gasteiger partial charge in [0.15, 0.2) is 0 Å². The molecule has 2 N–H and O–H groups in total. The predicted molar refractivity (Wildman–Crippen MR) is 95.2 cm³/mol. The molecule has 0 saturated carbocycles. The molecule has 11 heteroatoms. The van der Waals surface area contributed by atoms with Crippen molar-refractivity contribution in [1.82, 2.24) is 5.16 Å². The molecule has 1 heterocycles. The number of hydrogen-bond acceptors (Lipinski definition) is 5. The summed E-state index contributed by atoms with van der Waals surface area (Å²) >= 11 is 6.07. The minimum Gasteiger partial charge on any atom is -0.495 e. The number of nitrogens with two attached hydrogens (primary N) is 1. The maximum Gasteiger partial charge on any atom is 0.298 e. The lowest BCUT2D eigenvalue weighted by Gasteiger charge is -2.08. The average molecular weight is 433 g/mol. The van der Waals surface area contributed by atoms with Crippen LogP contribution in [0.1, 0.15) is 12.2 Å². The first-order chi connectivity index (χ1) is 13.1. The van der Waals surface area contributed by atoms with E-state index in [1.165, 1.54) is 25.3 Å². The molecule has 6 nitrogen and oxygen atoms in total. The van der Waals surface area contributed by atoms with Gasteiger partial charge in [0.1, 0.15) is 22.2 Å². The van der Waals surface area contributed by atoms with E-state index < -0.39 is 32.9 Å². The summed E-state index contributed by atoms with van der Waals surface area (Å²) in [6.45, 7) is 0. The minimum absolute atomic E-state index is 0.0254. The monoisotopic (exact) mass is 432 g/mol. The van der Waals surface area contributed by atoms with Gasteiger partial charge in [-0.2, -0.15) is 0 Å². The summed E-state index contributed by atoms with van der Waals surface area (Å²) < 4.78 is 73.6. The van der Waals surface area contributed by atoms with Crippen molar-refractivity contribution < 1.29 is 30.8 Å². The topological polar surface area (TPSA) is 95.4 Å². The molecule has 0 atom stereocenters. The fourth-order valence-corrected chi connectivity index (χ4v) is 3.47. The van der Waals surface area contributed by atoms with Gasteiger partial charge in [0.05, 0.1) is 17.7 Å². The number of sulfonamides is 1. The van der Waals surface area contributed by atoms with Crippen molar-refractivity contribution in [1.29, 1.82) is 0 Å². The molecule has 0 unspecified atom stereocenters. The third-order valence-corrected chi connectivity index (χ3v) is 5.11. The number of methoxy groups -OCH3 is 1. The largest absolute Gasteiger partial charge is 0.495 e. The van der Waals surface area contributed by atoms with Gasteiger partial charge in [-0.3, -0.25) is 0 Å². The first-order valence-corrected chi connectivity index (χ1v) is 9.50. The fraction of sp³-hybridized carbons (Fsp3) is 0.118. The van der Waals surface area contributed by atoms with Crippen LogP contribution >= 0.6 is 11.6 Å². The second-order valence-electron chi connectivity index (χ2n) is 5.61. The Morgan fingerprint density at radius 2 is 1.86 bits per heavy atom. The highest BCUT2D eigenvalue weighted by atomic mass is 35.5. The SMILES string of the molecule is COc1ccc(-c2noc(C(F)F)c2-c2ccc(S(N)(=O)=O)c(F)c2)cc1Cl. The molecular weight excluding hydrogens is 421 g/mol. The van der Waals surface area contributed by atoms with Crippen molar-refractivity contribution in [2.75, 3.05) is 7.11 Å². The van der Waals surface area contributed by atoms with Crippen LogP contribution in [-0.2, 0) is 10.0 Å². The number of hydrogen-bond donors (Lipinski definition) is 1. The van der Waals surface area contributed by atoms with Crippen molar-refractivity contribution in [2.24, 2.45) is 5.14 Å². The number of halogens is 4. The Balaban J connectivity index is 2.22. The number of rotatable bonds is 5. The van der Waals surface area contributed by atoms with Crippen LogP contribution in [0.25, 0.3) is 22.4 Å². The molecule has 0 aliphatic carbocycles. The second kappa shape index (κ2) is 7.46. The minimum atomic E-state index is -4.31. The van der Waals surface area contributed by atoms with E-state index >= 15 is 0 Å². The van der Waals surface area contributed by atoms with Crippen LogP contribution in [0, 0.1) is 5.82 Å². The van der Waals surface area contributed by atoms with Crippen LogP contribution in [-0.4, -0.2) is 20.7 Å². The third-order valence-electron chi connectivity index (χ3n) is 3.87. The number of nitrogens with zero attached hydrogens (tertiary/aromatic N) is 1. The Morgan fingerprint density at radius 3 is 2.39 bits per heavy atom. The molecule has 0 amide bonds. The van der Waals surface area contributed by atoms with Gasteiger partial charge in [-0.15, -0.1) is 0 Å². The molecule has 0 aliphatic heterocycles. The van der Waals surface area contributed by atoms with E-state index in [-0.39, 0.29) is 21.8 Å². The molecule has 0 saturated heterocycles. The fourth-order valence-electron chi connectivity index (χ4n) is 2.63. The van der Waals surface area contributed by atoms with Crippen LogP contribution in [0.5, 0.6) is 5.75 Å². The Labute approximate surface area is 162 Å². The molecule has 0 radical (unpaired) electrons. The number of aromatic nitrogens is 1. The highest BCUT2D eigenvalue weighted by Crippen LogP contribution is 2.41. The number of primary sulfonamides is 1. The van der Waals surface area contributed by atoms with Crippen molar-refractivity contribution >= 4 is 21.6 Å². The lowest BCUT2D eigenvalue weighted by molar-refractivity contribution is 0.113. The summed E-state index contributed by atoms with van der Waals surface area (Å²) in [5, 5.41) is 8.78. The summed E-state index contributed by atoms with van der Waals surface area (Å²) in [4.78, 5) is -0.764. The predicted octanol–water partition coefficient (Wildman–Crippen LogP) is 4.39. The van der Waals surface area contributed by atoms with Gasteiger partial charge in [-0.05, 0) is 35.9 Å². The summed E-state index contributed by atoms with van der Waals surface area (Å²) in [6, 6.07) is 7.22. The summed E-state index contributed by atoms with van der Waals surface area (Å²) in [5.41, 5.74) is 0.0227. The van der Waals surface area contributed by atoms with Gasteiger partial charge in [0.2, 0.25) is 15.8 Å². The summed E-state index contributed by atoms with van der Waals surface area (Å²) in [7, 11) is -2.90. The van der Waals surface area contributed by atoms with E-state index in [9.17, 15) is 21.6 Å². The van der Waals surface area contributed by atoms with Gasteiger partial charge in [0.25, 0.3) is 6.43 Å². The quantitative estimate of drug-likeness (QED) is 0.645. The third kappa shape index (κ3) is 3.71. The molecule has 28 heavy (non-hydrogen) atoms. The smallest absolute Gasteiger partial charge is 0.298 e. The average Bonchev–Trinajstić information content (AvgIpc) is 3.05. The molecule has 3 aromatic rings. The Bertz CT molecular complexity index is 1150. The van der Waals surface area contributed by atoms with Gasteiger partial charge in [-0.25, -0.2) is 26.7 Å². The highest BCUT2D eigenvalue weighted by Gasteiger charge is 2.27. The van der Waals surface area contributed by atoms with Gasteiger partial charge in [-0.1, -0.05) is 22.8 Å².